The highest BCUT2D eigenvalue weighted by molar-refractivity contribution is 7.13. The lowest BCUT2D eigenvalue weighted by Crippen LogP contribution is -2.51. The standard InChI is InChI=1S/C22H29N3O2S/c1-2-27-20-9-7-17(8-10-20)22-23-18(16-28-22)15-21(26)25-13-11-24(12-14-25)19-5-3-4-6-19/h7-10,16,19H,2-6,11-15H2,1H3. The Kier molecular flexibility index (Phi) is 6.27. The van der Waals surface area contributed by atoms with E-state index in [2.05, 4.69) is 9.88 Å². The number of ether oxygens (including phenoxy) is 1. The summed E-state index contributed by atoms with van der Waals surface area (Å²) in [5.74, 6) is 1.07. The number of aromatic nitrogens is 1. The van der Waals surface area contributed by atoms with E-state index in [1.54, 1.807) is 11.3 Å². The number of rotatable bonds is 6. The van der Waals surface area contributed by atoms with Gasteiger partial charge >= 0.3 is 0 Å². The van der Waals surface area contributed by atoms with Crippen molar-refractivity contribution in [1.82, 2.24) is 14.8 Å². The largest absolute Gasteiger partial charge is 0.494 e. The highest BCUT2D eigenvalue weighted by Gasteiger charge is 2.28. The molecule has 0 spiro atoms. The van der Waals surface area contributed by atoms with Gasteiger partial charge in [0.1, 0.15) is 10.8 Å². The molecule has 1 saturated carbocycles. The van der Waals surface area contributed by atoms with E-state index in [1.807, 2.05) is 41.5 Å². The molecule has 2 fully saturated rings. The Hall–Kier alpha value is -1.92. The van der Waals surface area contributed by atoms with Gasteiger partial charge in [0.05, 0.1) is 18.7 Å². The molecule has 0 unspecified atom stereocenters. The van der Waals surface area contributed by atoms with E-state index in [-0.39, 0.29) is 5.91 Å². The molecule has 1 amide bonds. The number of piperazine rings is 1. The first-order valence-corrected chi connectivity index (χ1v) is 11.3. The van der Waals surface area contributed by atoms with Crippen LogP contribution >= 0.6 is 11.3 Å². The summed E-state index contributed by atoms with van der Waals surface area (Å²) >= 11 is 1.60. The van der Waals surface area contributed by atoms with Crippen molar-refractivity contribution in [3.05, 3.63) is 35.3 Å². The second kappa shape index (κ2) is 9.05. The highest BCUT2D eigenvalue weighted by atomic mass is 32.1. The summed E-state index contributed by atoms with van der Waals surface area (Å²) in [7, 11) is 0. The van der Waals surface area contributed by atoms with Gasteiger partial charge in [-0.05, 0) is 44.0 Å². The van der Waals surface area contributed by atoms with Crippen molar-refractivity contribution in [2.75, 3.05) is 32.8 Å². The van der Waals surface area contributed by atoms with Gasteiger partial charge in [-0.15, -0.1) is 11.3 Å². The summed E-state index contributed by atoms with van der Waals surface area (Å²) in [6.45, 7) is 6.39. The maximum Gasteiger partial charge on any atom is 0.228 e. The van der Waals surface area contributed by atoms with Crippen molar-refractivity contribution in [3.8, 4) is 16.3 Å². The SMILES string of the molecule is CCOc1ccc(-c2nc(CC(=O)N3CCN(C4CCCC4)CC3)cs2)cc1. The summed E-state index contributed by atoms with van der Waals surface area (Å²) in [5.41, 5.74) is 1.94. The van der Waals surface area contributed by atoms with Crippen molar-refractivity contribution in [2.24, 2.45) is 0 Å². The van der Waals surface area contributed by atoms with Crippen LogP contribution in [0.1, 0.15) is 38.3 Å². The van der Waals surface area contributed by atoms with Crippen LogP contribution < -0.4 is 4.74 Å². The van der Waals surface area contributed by atoms with E-state index in [9.17, 15) is 4.79 Å². The topological polar surface area (TPSA) is 45.7 Å². The van der Waals surface area contributed by atoms with Crippen molar-refractivity contribution < 1.29 is 9.53 Å². The fourth-order valence-electron chi connectivity index (χ4n) is 4.25. The van der Waals surface area contributed by atoms with Crippen LogP contribution in [0, 0.1) is 0 Å². The van der Waals surface area contributed by atoms with Crippen LogP contribution in [0.15, 0.2) is 29.6 Å². The molecule has 1 saturated heterocycles. The van der Waals surface area contributed by atoms with E-state index < -0.39 is 0 Å². The first-order chi connectivity index (χ1) is 13.7. The smallest absolute Gasteiger partial charge is 0.228 e. The predicted octanol–water partition coefficient (Wildman–Crippen LogP) is 3.84. The van der Waals surface area contributed by atoms with Gasteiger partial charge in [0.2, 0.25) is 5.91 Å². The lowest BCUT2D eigenvalue weighted by Gasteiger charge is -2.38. The number of hydrogen-bond donors (Lipinski definition) is 0. The Balaban J connectivity index is 1.30. The lowest BCUT2D eigenvalue weighted by atomic mass is 10.1. The van der Waals surface area contributed by atoms with Gasteiger partial charge in [0.15, 0.2) is 0 Å². The summed E-state index contributed by atoms with van der Waals surface area (Å²) in [4.78, 5) is 22.0. The third-order valence-electron chi connectivity index (χ3n) is 5.80. The van der Waals surface area contributed by atoms with Gasteiger partial charge in [0.25, 0.3) is 0 Å². The molecule has 1 aliphatic heterocycles. The van der Waals surface area contributed by atoms with Crippen LogP contribution in [0.5, 0.6) is 5.75 Å². The number of benzene rings is 1. The fraction of sp³-hybridized carbons (Fsp3) is 0.545. The minimum atomic E-state index is 0.203. The van der Waals surface area contributed by atoms with E-state index >= 15 is 0 Å². The molecule has 1 aliphatic carbocycles. The molecule has 1 aromatic carbocycles. The Bertz CT molecular complexity index is 775. The average molecular weight is 400 g/mol. The summed E-state index contributed by atoms with van der Waals surface area (Å²) < 4.78 is 5.49. The maximum atomic E-state index is 12.7. The zero-order valence-electron chi connectivity index (χ0n) is 16.6. The van der Waals surface area contributed by atoms with Gasteiger partial charge in [-0.3, -0.25) is 9.69 Å². The molecule has 2 aromatic rings. The predicted molar refractivity (Wildman–Crippen MR) is 113 cm³/mol. The highest BCUT2D eigenvalue weighted by Crippen LogP contribution is 2.27. The quantitative estimate of drug-likeness (QED) is 0.740. The first-order valence-electron chi connectivity index (χ1n) is 10.4. The number of carbonyl (C=O) groups excluding carboxylic acids is 1. The lowest BCUT2D eigenvalue weighted by molar-refractivity contribution is -0.132. The third kappa shape index (κ3) is 4.55. The van der Waals surface area contributed by atoms with Crippen LogP contribution in [-0.2, 0) is 11.2 Å². The number of carbonyl (C=O) groups is 1. The number of amides is 1. The summed E-state index contributed by atoms with van der Waals surface area (Å²) in [5, 5.41) is 2.97. The minimum Gasteiger partial charge on any atom is -0.494 e. The molecule has 5 nitrogen and oxygen atoms in total. The maximum absolute atomic E-state index is 12.7. The molecule has 2 heterocycles. The summed E-state index contributed by atoms with van der Waals surface area (Å²) in [6.07, 6.45) is 5.80. The molecule has 0 N–H and O–H groups in total. The normalized spacial score (nSPS) is 18.5. The zero-order chi connectivity index (χ0) is 19.3. The third-order valence-corrected chi connectivity index (χ3v) is 6.74. The molecule has 150 valence electrons. The van der Waals surface area contributed by atoms with Crippen LogP contribution in [0.25, 0.3) is 10.6 Å². The van der Waals surface area contributed by atoms with E-state index in [4.69, 9.17) is 4.74 Å². The van der Waals surface area contributed by atoms with Crippen molar-refractivity contribution in [3.63, 3.8) is 0 Å². The Morgan fingerprint density at radius 2 is 1.86 bits per heavy atom. The average Bonchev–Trinajstić information content (AvgIpc) is 3.41. The Labute approximate surface area is 171 Å². The first kappa shape index (κ1) is 19.4. The molecule has 0 radical (unpaired) electrons. The second-order valence-electron chi connectivity index (χ2n) is 7.63. The fourth-order valence-corrected chi connectivity index (χ4v) is 5.08. The number of nitrogens with zero attached hydrogens (tertiary/aromatic N) is 3. The molecule has 4 rings (SSSR count). The Morgan fingerprint density at radius 1 is 1.14 bits per heavy atom. The van der Waals surface area contributed by atoms with Gasteiger partial charge in [-0.1, -0.05) is 12.8 Å². The molecule has 2 aliphatic rings. The second-order valence-corrected chi connectivity index (χ2v) is 8.49. The van der Waals surface area contributed by atoms with Crippen molar-refractivity contribution in [1.29, 1.82) is 0 Å². The molecule has 0 atom stereocenters. The molecule has 0 bridgehead atoms. The zero-order valence-corrected chi connectivity index (χ0v) is 17.4. The van der Waals surface area contributed by atoms with E-state index in [1.165, 1.54) is 25.7 Å². The number of hydrogen-bond acceptors (Lipinski definition) is 5. The molecule has 28 heavy (non-hydrogen) atoms. The molecular formula is C22H29N3O2S. The van der Waals surface area contributed by atoms with Gasteiger partial charge < -0.3 is 9.64 Å². The molecule has 6 heteroatoms. The monoisotopic (exact) mass is 399 g/mol. The van der Waals surface area contributed by atoms with Gasteiger partial charge in [-0.2, -0.15) is 0 Å². The number of thiazole rings is 1. The van der Waals surface area contributed by atoms with Crippen LogP contribution in [-0.4, -0.2) is 59.5 Å². The van der Waals surface area contributed by atoms with Gasteiger partial charge in [-0.25, -0.2) is 4.98 Å². The van der Waals surface area contributed by atoms with Crippen LogP contribution in [0.2, 0.25) is 0 Å². The summed E-state index contributed by atoms with van der Waals surface area (Å²) in [6, 6.07) is 8.74. The van der Waals surface area contributed by atoms with E-state index in [0.29, 0.717) is 13.0 Å². The Morgan fingerprint density at radius 3 is 2.54 bits per heavy atom. The van der Waals surface area contributed by atoms with E-state index in [0.717, 1.165) is 54.2 Å². The van der Waals surface area contributed by atoms with Gasteiger partial charge in [0, 0.05) is 43.2 Å². The van der Waals surface area contributed by atoms with Crippen molar-refractivity contribution in [2.45, 2.75) is 45.1 Å². The molecule has 1 aromatic heterocycles. The molecular weight excluding hydrogens is 370 g/mol. The van der Waals surface area contributed by atoms with Crippen LogP contribution in [0.4, 0.5) is 0 Å². The van der Waals surface area contributed by atoms with Crippen LogP contribution in [0.3, 0.4) is 0 Å². The van der Waals surface area contributed by atoms with Crippen molar-refractivity contribution >= 4 is 17.2 Å². The minimum absolute atomic E-state index is 0.203.